The molecule has 1 radical (unpaired) electrons. The first kappa shape index (κ1) is 7.11. The molecule has 0 N–H and O–H groups in total. The van der Waals surface area contributed by atoms with E-state index in [9.17, 15) is 0 Å². The third-order valence-electron chi connectivity index (χ3n) is 3.47. The molecule has 53 valence electrons. The van der Waals surface area contributed by atoms with Gasteiger partial charge in [-0.25, -0.2) is 0 Å². The highest BCUT2D eigenvalue weighted by atomic mass is 14.7. The normalized spacial score (nSPS) is 30.3. The predicted molar refractivity (Wildman–Crippen MR) is 41.0 cm³/mol. The lowest BCUT2D eigenvalue weighted by atomic mass is 10.0. The molecule has 0 aromatic rings. The van der Waals surface area contributed by atoms with Gasteiger partial charge in [0.05, 0.1) is 0 Å². The van der Waals surface area contributed by atoms with Gasteiger partial charge in [-0.2, -0.15) is 0 Å². The van der Waals surface area contributed by atoms with Crippen molar-refractivity contribution in [2.45, 2.75) is 34.6 Å². The Kier molecular flexibility index (Phi) is 1.21. The first-order valence-corrected chi connectivity index (χ1v) is 3.74. The van der Waals surface area contributed by atoms with E-state index < -0.39 is 0 Å². The fourth-order valence-corrected chi connectivity index (χ4v) is 2.08. The highest BCUT2D eigenvalue weighted by Crippen LogP contribution is 2.69. The van der Waals surface area contributed by atoms with E-state index in [2.05, 4.69) is 41.0 Å². The van der Waals surface area contributed by atoms with Crippen molar-refractivity contribution in [1.29, 1.82) is 0 Å². The largest absolute Gasteiger partial charge is 0.0619 e. The van der Waals surface area contributed by atoms with E-state index in [1.165, 1.54) is 0 Å². The third kappa shape index (κ3) is 0.653. The summed E-state index contributed by atoms with van der Waals surface area (Å²) in [4.78, 5) is 0. The van der Waals surface area contributed by atoms with Crippen LogP contribution in [-0.2, 0) is 0 Å². The summed E-state index contributed by atoms with van der Waals surface area (Å²) in [6.07, 6.45) is 2.33. The van der Waals surface area contributed by atoms with Crippen LogP contribution in [0.2, 0.25) is 0 Å². The maximum absolute atomic E-state index is 2.34. The number of rotatable bonds is 1. The highest BCUT2D eigenvalue weighted by Gasteiger charge is 2.63. The minimum absolute atomic E-state index is 0.557. The molecule has 1 aliphatic rings. The zero-order chi connectivity index (χ0) is 7.28. The Bertz CT molecular complexity index is 106. The molecular formula is C9H17. The van der Waals surface area contributed by atoms with Crippen molar-refractivity contribution in [3.63, 3.8) is 0 Å². The molecule has 0 aliphatic heterocycles. The van der Waals surface area contributed by atoms with Gasteiger partial charge in [-0.15, -0.1) is 0 Å². The maximum atomic E-state index is 2.34. The molecule has 0 heterocycles. The topological polar surface area (TPSA) is 0 Å². The lowest BCUT2D eigenvalue weighted by Crippen LogP contribution is -1.95. The lowest BCUT2D eigenvalue weighted by molar-refractivity contribution is 0.457. The molecule has 0 bridgehead atoms. The summed E-state index contributed by atoms with van der Waals surface area (Å²) >= 11 is 0. The van der Waals surface area contributed by atoms with Crippen molar-refractivity contribution in [2.75, 3.05) is 0 Å². The van der Waals surface area contributed by atoms with Gasteiger partial charge < -0.3 is 0 Å². The zero-order valence-electron chi connectivity index (χ0n) is 7.15. The second-order valence-corrected chi connectivity index (χ2v) is 4.25. The van der Waals surface area contributed by atoms with Gasteiger partial charge in [0.15, 0.2) is 0 Å². The summed E-state index contributed by atoms with van der Waals surface area (Å²) in [5.41, 5.74) is 1.11. The van der Waals surface area contributed by atoms with Crippen LogP contribution < -0.4 is 0 Å². The molecule has 0 nitrogen and oxygen atoms in total. The highest BCUT2D eigenvalue weighted by molar-refractivity contribution is 5.16. The van der Waals surface area contributed by atoms with Crippen molar-refractivity contribution in [3.8, 4) is 0 Å². The first-order chi connectivity index (χ1) is 3.94. The van der Waals surface area contributed by atoms with Gasteiger partial charge in [-0.3, -0.25) is 0 Å². The van der Waals surface area contributed by atoms with Crippen LogP contribution in [0.25, 0.3) is 0 Å². The molecule has 1 saturated carbocycles. The van der Waals surface area contributed by atoms with Crippen LogP contribution in [-0.4, -0.2) is 0 Å². The zero-order valence-corrected chi connectivity index (χ0v) is 7.15. The van der Waals surface area contributed by atoms with E-state index in [1.807, 2.05) is 0 Å². The van der Waals surface area contributed by atoms with E-state index in [4.69, 9.17) is 0 Å². The van der Waals surface area contributed by atoms with E-state index in [0.717, 1.165) is 5.92 Å². The Morgan fingerprint density at radius 3 is 1.33 bits per heavy atom. The van der Waals surface area contributed by atoms with Gasteiger partial charge in [0, 0.05) is 0 Å². The summed E-state index contributed by atoms with van der Waals surface area (Å²) in [5.74, 6) is 0.838. The van der Waals surface area contributed by atoms with Gasteiger partial charge in [-0.1, -0.05) is 34.6 Å². The second-order valence-electron chi connectivity index (χ2n) is 4.25. The van der Waals surface area contributed by atoms with Crippen LogP contribution in [0.1, 0.15) is 34.6 Å². The molecule has 0 unspecified atom stereocenters. The van der Waals surface area contributed by atoms with Crippen molar-refractivity contribution in [2.24, 2.45) is 16.7 Å². The van der Waals surface area contributed by atoms with Crippen molar-refractivity contribution in [3.05, 3.63) is 6.42 Å². The van der Waals surface area contributed by atoms with Gasteiger partial charge >= 0.3 is 0 Å². The van der Waals surface area contributed by atoms with E-state index in [0.29, 0.717) is 10.8 Å². The Balaban J connectivity index is 2.66. The van der Waals surface area contributed by atoms with Crippen molar-refractivity contribution in [1.82, 2.24) is 0 Å². The summed E-state index contributed by atoms with van der Waals surface area (Å²) < 4.78 is 0. The van der Waals surface area contributed by atoms with Crippen LogP contribution >= 0.6 is 0 Å². The van der Waals surface area contributed by atoms with Crippen LogP contribution in [0.3, 0.4) is 0 Å². The number of hydrogen-bond acceptors (Lipinski definition) is 0. The predicted octanol–water partition coefficient (Wildman–Crippen LogP) is 2.89. The maximum Gasteiger partial charge on any atom is -0.0264 e. The fourth-order valence-electron chi connectivity index (χ4n) is 2.08. The third-order valence-corrected chi connectivity index (χ3v) is 3.47. The van der Waals surface area contributed by atoms with Gasteiger partial charge in [0.25, 0.3) is 0 Å². The van der Waals surface area contributed by atoms with Gasteiger partial charge in [-0.05, 0) is 23.2 Å². The molecule has 1 rings (SSSR count). The molecule has 0 aromatic heterocycles. The molecule has 0 amide bonds. The van der Waals surface area contributed by atoms with Crippen LogP contribution in [0.5, 0.6) is 0 Å². The minimum atomic E-state index is 0.557. The number of hydrogen-bond donors (Lipinski definition) is 0. The summed E-state index contributed by atoms with van der Waals surface area (Å²) in [6, 6.07) is 0. The molecule has 1 aliphatic carbocycles. The second kappa shape index (κ2) is 1.53. The lowest BCUT2D eigenvalue weighted by Gasteiger charge is -2.04. The Morgan fingerprint density at radius 2 is 1.33 bits per heavy atom. The quantitative estimate of drug-likeness (QED) is 0.505. The average molecular weight is 125 g/mol. The van der Waals surface area contributed by atoms with Crippen molar-refractivity contribution < 1.29 is 0 Å². The molecule has 0 aromatic carbocycles. The molecule has 9 heavy (non-hydrogen) atoms. The Hall–Kier alpha value is 0. The molecule has 0 heteroatoms. The Labute approximate surface area is 58.7 Å². The fraction of sp³-hybridized carbons (Fsp3) is 0.889. The van der Waals surface area contributed by atoms with E-state index in [-0.39, 0.29) is 0 Å². The van der Waals surface area contributed by atoms with E-state index in [1.54, 1.807) is 0 Å². The van der Waals surface area contributed by atoms with Crippen molar-refractivity contribution >= 4 is 0 Å². The first-order valence-electron chi connectivity index (χ1n) is 3.74. The smallest absolute Gasteiger partial charge is 0.0264 e. The average Bonchev–Trinajstić information content (AvgIpc) is 2.00. The van der Waals surface area contributed by atoms with Crippen LogP contribution in [0.15, 0.2) is 0 Å². The minimum Gasteiger partial charge on any atom is -0.0619 e. The summed E-state index contributed by atoms with van der Waals surface area (Å²) in [6.45, 7) is 11.5. The van der Waals surface area contributed by atoms with Crippen LogP contribution in [0.4, 0.5) is 0 Å². The van der Waals surface area contributed by atoms with E-state index >= 15 is 0 Å². The van der Waals surface area contributed by atoms with Crippen LogP contribution in [0, 0.1) is 23.2 Å². The SMILES string of the molecule is C[CH]C1C(C)(C)C1(C)C. The summed E-state index contributed by atoms with van der Waals surface area (Å²) in [5, 5.41) is 0. The Morgan fingerprint density at radius 1 is 1.00 bits per heavy atom. The standard InChI is InChI=1S/C9H17/c1-6-7-8(2,3)9(7,4)5/h6-7H,1-5H3. The summed E-state index contributed by atoms with van der Waals surface area (Å²) in [7, 11) is 0. The molecule has 0 atom stereocenters. The molecule has 1 fully saturated rings. The monoisotopic (exact) mass is 125 g/mol. The molecular weight excluding hydrogens is 108 g/mol. The van der Waals surface area contributed by atoms with Gasteiger partial charge in [0.1, 0.15) is 0 Å². The molecule has 0 saturated heterocycles. The molecule has 0 spiro atoms. The van der Waals surface area contributed by atoms with Gasteiger partial charge in [0.2, 0.25) is 0 Å².